The van der Waals surface area contributed by atoms with Crippen LogP contribution in [0.1, 0.15) is 277 Å². The van der Waals surface area contributed by atoms with Gasteiger partial charge in [-0.05, 0) is 19.3 Å². The number of amides is 1. The Morgan fingerprint density at radius 2 is 0.741 bits per heavy atom. The van der Waals surface area contributed by atoms with Crippen LogP contribution >= 0.6 is 0 Å². The lowest BCUT2D eigenvalue weighted by Gasteiger charge is -2.22. The molecule has 3 atom stereocenters. The van der Waals surface area contributed by atoms with Crippen molar-refractivity contribution in [2.45, 2.75) is 295 Å². The number of carbonyl (C=O) groups is 1. The number of hydrogen-bond donors (Lipinski definition) is 4. The summed E-state index contributed by atoms with van der Waals surface area (Å²) in [6.07, 6.45) is 52.8. The molecule has 4 N–H and O–H groups in total. The molecule has 0 aromatic heterocycles. The molecule has 0 fully saturated rings. The van der Waals surface area contributed by atoms with Crippen LogP contribution in [0.3, 0.4) is 0 Å². The first-order chi connectivity index (χ1) is 28.2. The van der Waals surface area contributed by atoms with Crippen LogP contribution in [0.5, 0.6) is 0 Å². The molecule has 0 saturated heterocycles. The fourth-order valence-corrected chi connectivity index (χ4v) is 8.90. The van der Waals surface area contributed by atoms with Crippen LogP contribution in [0.25, 0.3) is 0 Å². The minimum Gasteiger partial charge on any atom is -0.387 e. The zero-order chi connectivity index (χ0) is 42.6. The summed E-state index contributed by atoms with van der Waals surface area (Å²) in [4.78, 5) is 12.7. The molecule has 0 rings (SSSR count). The molecule has 0 aromatic carbocycles. The van der Waals surface area contributed by atoms with E-state index >= 15 is 0 Å². The van der Waals surface area contributed by atoms with Crippen molar-refractivity contribution in [3.63, 3.8) is 0 Å². The molecular weight excluding hydrogens is 743 g/mol. The average molecular weight is 842 g/mol. The number of aliphatic hydroxyl groups is 2. The van der Waals surface area contributed by atoms with Gasteiger partial charge in [0.15, 0.2) is 0 Å². The SMILES string of the molecule is CCCCCCCCCCCCCCCCCCC/C=C/C(O)C(CS(=O)(=O)O)NC(=O)C(O)CCCCCCCCCCCCCCCCCCCCCCCC. The largest absolute Gasteiger partial charge is 0.387 e. The molecule has 0 spiro atoms. The van der Waals surface area contributed by atoms with Crippen molar-refractivity contribution in [1.82, 2.24) is 5.32 Å². The minimum absolute atomic E-state index is 0.287. The Morgan fingerprint density at radius 1 is 0.466 bits per heavy atom. The zero-order valence-corrected chi connectivity index (χ0v) is 39.4. The highest BCUT2D eigenvalue weighted by Gasteiger charge is 2.27. The van der Waals surface area contributed by atoms with Crippen molar-refractivity contribution in [3.05, 3.63) is 12.2 Å². The molecule has 0 bridgehead atoms. The predicted molar refractivity (Wildman–Crippen MR) is 250 cm³/mol. The van der Waals surface area contributed by atoms with Crippen LogP contribution in [0, 0.1) is 0 Å². The lowest BCUT2D eigenvalue weighted by atomic mass is 10.0. The maximum absolute atomic E-state index is 12.7. The molecule has 0 heterocycles. The van der Waals surface area contributed by atoms with Gasteiger partial charge in [-0.3, -0.25) is 9.35 Å². The van der Waals surface area contributed by atoms with Gasteiger partial charge in [0.1, 0.15) is 6.10 Å². The van der Waals surface area contributed by atoms with Crippen molar-refractivity contribution in [2.75, 3.05) is 5.75 Å². The monoisotopic (exact) mass is 842 g/mol. The second-order valence-electron chi connectivity index (χ2n) is 18.0. The number of rotatable bonds is 47. The van der Waals surface area contributed by atoms with Crippen LogP contribution in [0.4, 0.5) is 0 Å². The van der Waals surface area contributed by atoms with Crippen LogP contribution in [-0.2, 0) is 14.9 Å². The second kappa shape index (κ2) is 44.1. The van der Waals surface area contributed by atoms with E-state index in [1.54, 1.807) is 0 Å². The van der Waals surface area contributed by atoms with Gasteiger partial charge >= 0.3 is 0 Å². The smallest absolute Gasteiger partial charge is 0.267 e. The normalized spacial score (nSPS) is 13.7. The van der Waals surface area contributed by atoms with E-state index in [2.05, 4.69) is 19.2 Å². The first-order valence-electron chi connectivity index (χ1n) is 25.5. The summed E-state index contributed by atoms with van der Waals surface area (Å²) >= 11 is 0. The van der Waals surface area contributed by atoms with Gasteiger partial charge in [0.2, 0.25) is 5.91 Å². The maximum Gasteiger partial charge on any atom is 0.267 e. The summed E-state index contributed by atoms with van der Waals surface area (Å²) < 4.78 is 32.7. The van der Waals surface area contributed by atoms with E-state index in [1.807, 2.05) is 6.08 Å². The first kappa shape index (κ1) is 57.0. The zero-order valence-electron chi connectivity index (χ0n) is 38.6. The van der Waals surface area contributed by atoms with E-state index in [9.17, 15) is 28.0 Å². The lowest BCUT2D eigenvalue weighted by Crippen LogP contribution is -2.50. The number of allylic oxidation sites excluding steroid dienone is 1. The Morgan fingerprint density at radius 3 is 1.03 bits per heavy atom. The van der Waals surface area contributed by atoms with E-state index in [0.717, 1.165) is 38.5 Å². The lowest BCUT2D eigenvalue weighted by molar-refractivity contribution is -0.130. The van der Waals surface area contributed by atoms with E-state index in [0.29, 0.717) is 6.42 Å². The summed E-state index contributed by atoms with van der Waals surface area (Å²) in [6, 6.07) is -1.23. The molecule has 8 heteroatoms. The molecule has 1 amide bonds. The molecule has 0 aromatic rings. The molecule has 0 aliphatic heterocycles. The first-order valence-corrected chi connectivity index (χ1v) is 27.1. The third-order valence-corrected chi connectivity index (χ3v) is 12.9. The average Bonchev–Trinajstić information content (AvgIpc) is 3.19. The molecule has 0 aliphatic carbocycles. The van der Waals surface area contributed by atoms with Crippen LogP contribution < -0.4 is 5.32 Å². The van der Waals surface area contributed by atoms with Gasteiger partial charge in [-0.1, -0.05) is 270 Å². The Labute approximate surface area is 361 Å². The fourth-order valence-electron chi connectivity index (χ4n) is 8.17. The topological polar surface area (TPSA) is 124 Å². The molecule has 3 unspecified atom stereocenters. The quantitative estimate of drug-likeness (QED) is 0.0275. The Hall–Kier alpha value is -0.960. The molecule has 0 saturated carbocycles. The number of carbonyl (C=O) groups excluding carboxylic acids is 1. The van der Waals surface area contributed by atoms with Crippen LogP contribution in [0.15, 0.2) is 12.2 Å². The standard InChI is InChI=1S/C50H99NO6S/c1-3-5-7-9-11-13-15-17-19-21-23-24-25-27-29-31-33-35-37-39-41-43-45-49(53)50(54)51-47(46-58(55,56)57)48(52)44-42-40-38-36-34-32-30-28-26-22-20-18-16-14-12-10-8-6-4-2/h42,44,47-49,52-53H,3-41,43,45-46H2,1-2H3,(H,51,54)(H,55,56,57)/b44-42+. The van der Waals surface area contributed by atoms with E-state index < -0.39 is 40.0 Å². The Balaban J connectivity index is 3.86. The van der Waals surface area contributed by atoms with Gasteiger partial charge in [-0.2, -0.15) is 8.42 Å². The molecule has 0 aliphatic rings. The highest BCUT2D eigenvalue weighted by atomic mass is 32.2. The van der Waals surface area contributed by atoms with Crippen molar-refractivity contribution < 1.29 is 28.0 Å². The predicted octanol–water partition coefficient (Wildman–Crippen LogP) is 14.7. The van der Waals surface area contributed by atoms with Crippen LogP contribution in [-0.4, -0.2) is 53.1 Å². The van der Waals surface area contributed by atoms with Crippen molar-refractivity contribution in [2.24, 2.45) is 0 Å². The molecular formula is C50H99NO6S. The van der Waals surface area contributed by atoms with E-state index in [-0.39, 0.29) is 6.42 Å². The number of hydrogen-bond acceptors (Lipinski definition) is 5. The van der Waals surface area contributed by atoms with Gasteiger partial charge < -0.3 is 15.5 Å². The maximum atomic E-state index is 12.7. The number of aliphatic hydroxyl groups excluding tert-OH is 2. The number of nitrogens with one attached hydrogen (secondary N) is 1. The van der Waals surface area contributed by atoms with Gasteiger partial charge in [0, 0.05) is 0 Å². The summed E-state index contributed by atoms with van der Waals surface area (Å²) in [6.45, 7) is 4.55. The number of unbranched alkanes of at least 4 members (excludes halogenated alkanes) is 38. The van der Waals surface area contributed by atoms with Crippen molar-refractivity contribution in [1.29, 1.82) is 0 Å². The summed E-state index contributed by atoms with van der Waals surface area (Å²) in [5, 5.41) is 23.6. The third-order valence-electron chi connectivity index (χ3n) is 12.1. The third kappa shape index (κ3) is 43.1. The highest BCUT2D eigenvalue weighted by Crippen LogP contribution is 2.17. The minimum atomic E-state index is -4.44. The van der Waals surface area contributed by atoms with Gasteiger partial charge in [-0.15, -0.1) is 0 Å². The molecule has 58 heavy (non-hydrogen) atoms. The van der Waals surface area contributed by atoms with Crippen molar-refractivity contribution >= 4 is 16.0 Å². The molecule has 346 valence electrons. The van der Waals surface area contributed by atoms with Gasteiger partial charge in [0.05, 0.1) is 17.9 Å². The summed E-state index contributed by atoms with van der Waals surface area (Å²) in [7, 11) is -4.44. The summed E-state index contributed by atoms with van der Waals surface area (Å²) in [5.41, 5.74) is 0. The van der Waals surface area contributed by atoms with Gasteiger partial charge in [0.25, 0.3) is 10.1 Å². The Bertz CT molecular complexity index is 989. The summed E-state index contributed by atoms with van der Waals surface area (Å²) in [5.74, 6) is -1.52. The van der Waals surface area contributed by atoms with E-state index in [1.165, 1.54) is 218 Å². The van der Waals surface area contributed by atoms with E-state index in [4.69, 9.17) is 0 Å². The van der Waals surface area contributed by atoms with Crippen LogP contribution in [0.2, 0.25) is 0 Å². The Kier molecular flexibility index (Phi) is 43.4. The highest BCUT2D eigenvalue weighted by molar-refractivity contribution is 7.85. The fraction of sp³-hybridized carbons (Fsp3) is 0.940. The second-order valence-corrected chi connectivity index (χ2v) is 19.5. The molecule has 7 nitrogen and oxygen atoms in total. The molecule has 0 radical (unpaired) electrons. The van der Waals surface area contributed by atoms with Gasteiger partial charge in [-0.25, -0.2) is 0 Å². The van der Waals surface area contributed by atoms with Crippen molar-refractivity contribution in [3.8, 4) is 0 Å².